The Bertz CT molecular complexity index is 399. The maximum Gasteiger partial charge on any atom is 0.222 e. The Kier molecular flexibility index (Phi) is 4.72. The van der Waals surface area contributed by atoms with Crippen molar-refractivity contribution < 1.29 is 4.79 Å². The molecule has 0 bridgehead atoms. The average molecular weight is 267 g/mol. The van der Waals surface area contributed by atoms with Gasteiger partial charge in [-0.1, -0.05) is 0 Å². The number of nitrogens with zero attached hydrogens (tertiary/aromatic N) is 2. The summed E-state index contributed by atoms with van der Waals surface area (Å²) in [6, 6.07) is 0.545. The third kappa shape index (κ3) is 3.78. The van der Waals surface area contributed by atoms with Gasteiger partial charge in [-0.05, 0) is 32.7 Å². The SMILES string of the molecule is Cc1nc(CN(C)C(=O)CCC2CCCN2)cs1. The Morgan fingerprint density at radius 3 is 3.11 bits per heavy atom. The minimum atomic E-state index is 0.217. The lowest BCUT2D eigenvalue weighted by Gasteiger charge is -2.17. The smallest absolute Gasteiger partial charge is 0.222 e. The predicted octanol–water partition coefficient (Wildman–Crippen LogP) is 1.94. The highest BCUT2D eigenvalue weighted by molar-refractivity contribution is 7.09. The maximum atomic E-state index is 12.0. The van der Waals surface area contributed by atoms with E-state index in [0.29, 0.717) is 19.0 Å². The van der Waals surface area contributed by atoms with Crippen LogP contribution < -0.4 is 5.32 Å². The van der Waals surface area contributed by atoms with Crippen LogP contribution >= 0.6 is 11.3 Å². The molecule has 4 nitrogen and oxygen atoms in total. The lowest BCUT2D eigenvalue weighted by molar-refractivity contribution is -0.130. The normalized spacial score (nSPS) is 19.1. The number of rotatable bonds is 5. The number of aromatic nitrogens is 1. The number of nitrogens with one attached hydrogen (secondary N) is 1. The third-order valence-corrected chi connectivity index (χ3v) is 4.18. The van der Waals surface area contributed by atoms with Crippen molar-refractivity contribution in [3.05, 3.63) is 16.1 Å². The first-order valence-corrected chi connectivity index (χ1v) is 7.41. The molecule has 1 unspecified atom stereocenters. The van der Waals surface area contributed by atoms with Crippen LogP contribution in [0.15, 0.2) is 5.38 Å². The monoisotopic (exact) mass is 267 g/mol. The molecular formula is C13H21N3OS. The molecule has 1 fully saturated rings. The van der Waals surface area contributed by atoms with Crippen LogP contribution in [0.5, 0.6) is 0 Å². The van der Waals surface area contributed by atoms with Gasteiger partial charge < -0.3 is 10.2 Å². The number of amides is 1. The van der Waals surface area contributed by atoms with Gasteiger partial charge in [0, 0.05) is 24.9 Å². The first kappa shape index (κ1) is 13.5. The second-order valence-corrected chi connectivity index (χ2v) is 6.00. The first-order chi connectivity index (χ1) is 8.65. The van der Waals surface area contributed by atoms with E-state index in [2.05, 4.69) is 10.3 Å². The molecule has 0 aromatic carbocycles. The molecule has 5 heteroatoms. The Morgan fingerprint density at radius 1 is 1.67 bits per heavy atom. The standard InChI is InChI=1S/C13H21N3OS/c1-10-15-12(9-18-10)8-16(2)13(17)6-5-11-4-3-7-14-11/h9,11,14H,3-8H2,1-2H3. The molecule has 1 N–H and O–H groups in total. The molecule has 1 atom stereocenters. The highest BCUT2D eigenvalue weighted by Crippen LogP contribution is 2.13. The molecule has 0 aliphatic carbocycles. The molecule has 1 amide bonds. The van der Waals surface area contributed by atoms with Crippen molar-refractivity contribution in [2.45, 2.75) is 45.2 Å². The fraction of sp³-hybridized carbons (Fsp3) is 0.692. The molecule has 0 saturated carbocycles. The van der Waals surface area contributed by atoms with E-state index in [1.54, 1.807) is 16.2 Å². The van der Waals surface area contributed by atoms with Crippen molar-refractivity contribution in [3.63, 3.8) is 0 Å². The summed E-state index contributed by atoms with van der Waals surface area (Å²) in [5.74, 6) is 0.217. The quantitative estimate of drug-likeness (QED) is 0.887. The Labute approximate surface area is 112 Å². The summed E-state index contributed by atoms with van der Waals surface area (Å²) < 4.78 is 0. The van der Waals surface area contributed by atoms with Gasteiger partial charge in [0.05, 0.1) is 17.2 Å². The van der Waals surface area contributed by atoms with Crippen molar-refractivity contribution in [1.29, 1.82) is 0 Å². The first-order valence-electron chi connectivity index (χ1n) is 6.53. The number of carbonyl (C=O) groups excluding carboxylic acids is 1. The summed E-state index contributed by atoms with van der Waals surface area (Å²) in [6.07, 6.45) is 4.05. The zero-order valence-corrected chi connectivity index (χ0v) is 11.9. The van der Waals surface area contributed by atoms with Gasteiger partial charge in [-0.2, -0.15) is 0 Å². The number of hydrogen-bond donors (Lipinski definition) is 1. The van der Waals surface area contributed by atoms with Crippen LogP contribution in [0.25, 0.3) is 0 Å². The zero-order valence-electron chi connectivity index (χ0n) is 11.1. The average Bonchev–Trinajstić information content (AvgIpc) is 2.97. The number of aryl methyl sites for hydroxylation is 1. The van der Waals surface area contributed by atoms with E-state index in [0.717, 1.165) is 23.7 Å². The molecule has 1 aliphatic heterocycles. The second-order valence-electron chi connectivity index (χ2n) is 4.94. The van der Waals surface area contributed by atoms with E-state index in [4.69, 9.17) is 0 Å². The van der Waals surface area contributed by atoms with E-state index in [1.807, 2.05) is 19.4 Å². The van der Waals surface area contributed by atoms with Crippen LogP contribution in [-0.2, 0) is 11.3 Å². The highest BCUT2D eigenvalue weighted by atomic mass is 32.1. The molecule has 1 aromatic rings. The van der Waals surface area contributed by atoms with Crippen LogP contribution in [0, 0.1) is 6.92 Å². The molecule has 2 rings (SSSR count). The molecule has 0 radical (unpaired) electrons. The summed E-state index contributed by atoms with van der Waals surface area (Å²) >= 11 is 1.63. The van der Waals surface area contributed by atoms with E-state index in [9.17, 15) is 4.79 Å². The lowest BCUT2D eigenvalue weighted by Crippen LogP contribution is -2.29. The summed E-state index contributed by atoms with van der Waals surface area (Å²) in [7, 11) is 1.86. The molecule has 1 saturated heterocycles. The van der Waals surface area contributed by atoms with Crippen molar-refractivity contribution in [2.24, 2.45) is 0 Å². The second kappa shape index (κ2) is 6.29. The van der Waals surface area contributed by atoms with E-state index < -0.39 is 0 Å². The number of thiazole rings is 1. The topological polar surface area (TPSA) is 45.2 Å². The zero-order chi connectivity index (χ0) is 13.0. The van der Waals surface area contributed by atoms with Gasteiger partial charge >= 0.3 is 0 Å². The lowest BCUT2D eigenvalue weighted by atomic mass is 10.1. The molecule has 1 aromatic heterocycles. The van der Waals surface area contributed by atoms with Crippen molar-refractivity contribution in [1.82, 2.24) is 15.2 Å². The molecule has 1 aliphatic rings. The largest absolute Gasteiger partial charge is 0.340 e. The van der Waals surface area contributed by atoms with Gasteiger partial charge in [-0.3, -0.25) is 4.79 Å². The maximum absolute atomic E-state index is 12.0. The van der Waals surface area contributed by atoms with E-state index >= 15 is 0 Å². The molecule has 100 valence electrons. The number of carbonyl (C=O) groups is 1. The van der Waals surface area contributed by atoms with Gasteiger partial charge in [0.15, 0.2) is 0 Å². The van der Waals surface area contributed by atoms with E-state index in [1.165, 1.54) is 12.8 Å². The van der Waals surface area contributed by atoms with Crippen LogP contribution in [0.2, 0.25) is 0 Å². The Hall–Kier alpha value is -0.940. The number of hydrogen-bond acceptors (Lipinski definition) is 4. The third-order valence-electron chi connectivity index (χ3n) is 3.36. The summed E-state index contributed by atoms with van der Waals surface area (Å²) in [6.45, 7) is 3.72. The fourth-order valence-electron chi connectivity index (χ4n) is 2.30. The van der Waals surface area contributed by atoms with Crippen LogP contribution in [0.4, 0.5) is 0 Å². The molecule has 2 heterocycles. The minimum absolute atomic E-state index is 0.217. The van der Waals surface area contributed by atoms with Crippen LogP contribution in [0.1, 0.15) is 36.4 Å². The fourth-order valence-corrected chi connectivity index (χ4v) is 2.91. The van der Waals surface area contributed by atoms with Crippen molar-refractivity contribution in [3.8, 4) is 0 Å². The Balaban J connectivity index is 1.74. The van der Waals surface area contributed by atoms with Crippen molar-refractivity contribution in [2.75, 3.05) is 13.6 Å². The minimum Gasteiger partial charge on any atom is -0.340 e. The van der Waals surface area contributed by atoms with Gasteiger partial charge in [-0.15, -0.1) is 11.3 Å². The molecule has 0 spiro atoms. The van der Waals surface area contributed by atoms with E-state index in [-0.39, 0.29) is 5.91 Å². The summed E-state index contributed by atoms with van der Waals surface area (Å²) in [4.78, 5) is 18.1. The van der Waals surface area contributed by atoms with Crippen LogP contribution in [0.3, 0.4) is 0 Å². The van der Waals surface area contributed by atoms with Gasteiger partial charge in [0.1, 0.15) is 0 Å². The van der Waals surface area contributed by atoms with Gasteiger partial charge in [0.2, 0.25) is 5.91 Å². The Morgan fingerprint density at radius 2 is 2.50 bits per heavy atom. The summed E-state index contributed by atoms with van der Waals surface area (Å²) in [5, 5.41) is 6.50. The molecular weight excluding hydrogens is 246 g/mol. The molecule has 18 heavy (non-hydrogen) atoms. The predicted molar refractivity (Wildman–Crippen MR) is 73.6 cm³/mol. The van der Waals surface area contributed by atoms with Crippen LogP contribution in [-0.4, -0.2) is 35.4 Å². The van der Waals surface area contributed by atoms with Gasteiger partial charge in [-0.25, -0.2) is 4.98 Å². The highest BCUT2D eigenvalue weighted by Gasteiger charge is 2.17. The van der Waals surface area contributed by atoms with Crippen molar-refractivity contribution >= 4 is 17.2 Å². The summed E-state index contributed by atoms with van der Waals surface area (Å²) in [5.41, 5.74) is 0.993. The van der Waals surface area contributed by atoms with Gasteiger partial charge in [0.25, 0.3) is 0 Å².